The van der Waals surface area contributed by atoms with Crippen molar-refractivity contribution >= 4 is 10.8 Å². The van der Waals surface area contributed by atoms with E-state index in [0.717, 1.165) is 63.6 Å². The molecule has 0 saturated carbocycles. The second-order valence-electron chi connectivity index (χ2n) is 7.43. The molecular formula is C24H20NO5+. The van der Waals surface area contributed by atoms with Crippen molar-refractivity contribution in [1.82, 2.24) is 0 Å². The Morgan fingerprint density at radius 2 is 1.80 bits per heavy atom. The molecule has 0 fully saturated rings. The van der Waals surface area contributed by atoms with Crippen molar-refractivity contribution in [3.63, 3.8) is 0 Å². The highest BCUT2D eigenvalue weighted by Gasteiger charge is 2.29. The van der Waals surface area contributed by atoms with Gasteiger partial charge in [0.2, 0.25) is 12.5 Å². The first-order valence-corrected chi connectivity index (χ1v) is 9.86. The van der Waals surface area contributed by atoms with Crippen LogP contribution in [-0.2, 0) is 13.0 Å². The summed E-state index contributed by atoms with van der Waals surface area (Å²) in [4.78, 5) is 0. The molecule has 0 unspecified atom stereocenters. The van der Waals surface area contributed by atoms with Crippen molar-refractivity contribution in [2.45, 2.75) is 13.0 Å². The molecule has 0 N–H and O–H groups in total. The van der Waals surface area contributed by atoms with Gasteiger partial charge in [0, 0.05) is 23.4 Å². The van der Waals surface area contributed by atoms with Gasteiger partial charge >= 0.3 is 0 Å². The van der Waals surface area contributed by atoms with Crippen molar-refractivity contribution in [2.24, 2.45) is 0 Å². The van der Waals surface area contributed by atoms with Crippen LogP contribution >= 0.6 is 0 Å². The molecule has 0 radical (unpaired) electrons. The second-order valence-corrected chi connectivity index (χ2v) is 7.43. The molecule has 2 aliphatic rings. The minimum Gasteiger partial charge on any atom is -0.493 e. The van der Waals surface area contributed by atoms with E-state index in [0.29, 0.717) is 5.75 Å². The zero-order valence-corrected chi connectivity index (χ0v) is 16.7. The predicted octanol–water partition coefficient (Wildman–Crippen LogP) is 4.36. The van der Waals surface area contributed by atoms with Crippen LogP contribution in [0.15, 0.2) is 53.3 Å². The number of hydrogen-bond donors (Lipinski definition) is 0. The van der Waals surface area contributed by atoms with Crippen LogP contribution in [0.2, 0.25) is 0 Å². The smallest absolute Gasteiger partial charge is 0.231 e. The molecular weight excluding hydrogens is 382 g/mol. The maximum atomic E-state index is 5.74. The zero-order valence-electron chi connectivity index (χ0n) is 16.7. The number of hydrogen-bond acceptors (Lipinski definition) is 5. The van der Waals surface area contributed by atoms with E-state index in [4.69, 9.17) is 23.4 Å². The molecule has 0 bridgehead atoms. The summed E-state index contributed by atoms with van der Waals surface area (Å²) < 4.78 is 30.6. The van der Waals surface area contributed by atoms with Gasteiger partial charge in [-0.2, -0.15) is 4.57 Å². The van der Waals surface area contributed by atoms with Gasteiger partial charge in [0.15, 0.2) is 35.7 Å². The summed E-state index contributed by atoms with van der Waals surface area (Å²) in [6.07, 6.45) is 4.75. The molecule has 2 aromatic heterocycles. The Balaban J connectivity index is 1.67. The van der Waals surface area contributed by atoms with E-state index in [1.807, 2.05) is 18.2 Å². The molecule has 2 aromatic carbocycles. The summed E-state index contributed by atoms with van der Waals surface area (Å²) in [7, 11) is 3.32. The fraction of sp³-hybridized carbons (Fsp3) is 0.208. The van der Waals surface area contributed by atoms with Gasteiger partial charge in [0.05, 0.1) is 31.4 Å². The van der Waals surface area contributed by atoms with Crippen LogP contribution in [-0.4, -0.2) is 21.0 Å². The first kappa shape index (κ1) is 17.2. The number of rotatable bonds is 3. The average Bonchev–Trinajstić information content (AvgIpc) is 3.47. The maximum absolute atomic E-state index is 5.74. The Kier molecular flexibility index (Phi) is 3.68. The lowest BCUT2D eigenvalue weighted by molar-refractivity contribution is -0.686. The third-order valence-electron chi connectivity index (χ3n) is 5.91. The monoisotopic (exact) mass is 402 g/mol. The number of aryl methyl sites for hydroxylation is 2. The van der Waals surface area contributed by atoms with E-state index in [1.165, 1.54) is 5.56 Å². The van der Waals surface area contributed by atoms with Crippen LogP contribution in [0.1, 0.15) is 5.56 Å². The van der Waals surface area contributed by atoms with Gasteiger partial charge in [0.25, 0.3) is 0 Å². The molecule has 6 heteroatoms. The van der Waals surface area contributed by atoms with Crippen LogP contribution in [0.5, 0.6) is 23.0 Å². The summed E-state index contributed by atoms with van der Waals surface area (Å²) in [5, 5.41) is 2.02. The minimum absolute atomic E-state index is 0.273. The molecule has 4 aromatic rings. The summed E-state index contributed by atoms with van der Waals surface area (Å²) in [5.74, 6) is 3.80. The normalized spacial score (nSPS) is 13.8. The fourth-order valence-corrected chi connectivity index (χ4v) is 4.49. The number of fused-ring (bicyclic) bond motifs is 5. The highest BCUT2D eigenvalue weighted by atomic mass is 16.7. The van der Waals surface area contributed by atoms with Crippen LogP contribution < -0.4 is 23.5 Å². The first-order chi connectivity index (χ1) is 14.8. The maximum Gasteiger partial charge on any atom is 0.231 e. The van der Waals surface area contributed by atoms with Crippen molar-refractivity contribution in [3.8, 4) is 45.6 Å². The molecule has 6 rings (SSSR count). The highest BCUT2D eigenvalue weighted by molar-refractivity contribution is 6.01. The van der Waals surface area contributed by atoms with Gasteiger partial charge in [0.1, 0.15) is 5.76 Å². The van der Waals surface area contributed by atoms with Gasteiger partial charge in [-0.1, -0.05) is 0 Å². The topological polar surface area (TPSA) is 53.9 Å². The molecule has 0 aliphatic carbocycles. The van der Waals surface area contributed by atoms with Crippen molar-refractivity contribution in [2.75, 3.05) is 21.0 Å². The minimum atomic E-state index is 0.273. The third-order valence-corrected chi connectivity index (χ3v) is 5.91. The Bertz CT molecular complexity index is 1290. The SMILES string of the molecule is COc1cc(-c2ccco2)c2cc3[n+](cc2c1OC)CCc1cc2c(cc1-3)OCO2. The van der Waals surface area contributed by atoms with Gasteiger partial charge < -0.3 is 23.4 Å². The van der Waals surface area contributed by atoms with Crippen LogP contribution in [0.25, 0.3) is 33.4 Å². The number of benzene rings is 2. The summed E-state index contributed by atoms with van der Waals surface area (Å²) >= 11 is 0. The van der Waals surface area contributed by atoms with Crippen LogP contribution in [0, 0.1) is 0 Å². The van der Waals surface area contributed by atoms with E-state index in [2.05, 4.69) is 29.0 Å². The van der Waals surface area contributed by atoms with E-state index in [-0.39, 0.29) is 6.79 Å². The molecule has 150 valence electrons. The fourth-order valence-electron chi connectivity index (χ4n) is 4.49. The number of ether oxygens (including phenoxy) is 4. The van der Waals surface area contributed by atoms with Crippen LogP contribution in [0.4, 0.5) is 0 Å². The molecule has 2 aliphatic heterocycles. The molecule has 0 saturated heterocycles. The average molecular weight is 402 g/mol. The van der Waals surface area contributed by atoms with Crippen molar-refractivity contribution < 1.29 is 27.9 Å². The van der Waals surface area contributed by atoms with E-state index in [9.17, 15) is 0 Å². The summed E-state index contributed by atoms with van der Waals surface area (Å²) in [6.45, 7) is 1.14. The zero-order chi connectivity index (χ0) is 20.2. The van der Waals surface area contributed by atoms with Crippen molar-refractivity contribution in [1.29, 1.82) is 0 Å². The molecule has 0 atom stereocenters. The number of nitrogens with zero attached hydrogens (tertiary/aromatic N) is 1. The molecule has 0 spiro atoms. The number of methoxy groups -OCH3 is 2. The number of pyridine rings is 1. The molecule has 4 heterocycles. The Hall–Kier alpha value is -3.67. The summed E-state index contributed by atoms with van der Waals surface area (Å²) in [5.41, 5.74) is 4.51. The molecule has 30 heavy (non-hydrogen) atoms. The molecule has 6 nitrogen and oxygen atoms in total. The largest absolute Gasteiger partial charge is 0.493 e. The van der Waals surface area contributed by atoms with E-state index >= 15 is 0 Å². The number of aromatic nitrogens is 1. The second kappa shape index (κ2) is 6.42. The van der Waals surface area contributed by atoms with Gasteiger partial charge in [-0.15, -0.1) is 0 Å². The molecule has 0 amide bonds. The van der Waals surface area contributed by atoms with E-state index < -0.39 is 0 Å². The Morgan fingerprint density at radius 3 is 2.57 bits per heavy atom. The Labute approximate surface area is 173 Å². The quantitative estimate of drug-likeness (QED) is 0.477. The standard InChI is InChI=1S/C24H20NO5/c1-26-23-11-17(20-4-3-7-28-20)16-9-19-15-10-22-21(29-13-30-22)8-14(15)5-6-25(19)12-18(16)24(23)27-2/h3-4,7-12H,5-6,13H2,1-2H3/q+1. The lowest BCUT2D eigenvalue weighted by atomic mass is 9.93. The predicted molar refractivity (Wildman–Crippen MR) is 110 cm³/mol. The summed E-state index contributed by atoms with van der Waals surface area (Å²) in [6, 6.07) is 12.2. The van der Waals surface area contributed by atoms with Gasteiger partial charge in [-0.25, -0.2) is 0 Å². The first-order valence-electron chi connectivity index (χ1n) is 9.86. The van der Waals surface area contributed by atoms with Crippen molar-refractivity contribution in [3.05, 3.63) is 54.4 Å². The van der Waals surface area contributed by atoms with Gasteiger partial charge in [-0.3, -0.25) is 0 Å². The number of furan rings is 1. The Morgan fingerprint density at radius 1 is 0.933 bits per heavy atom. The van der Waals surface area contributed by atoms with Gasteiger partial charge in [-0.05, 0) is 35.9 Å². The highest BCUT2D eigenvalue weighted by Crippen LogP contribution is 2.44. The lowest BCUT2D eigenvalue weighted by Gasteiger charge is -2.18. The van der Waals surface area contributed by atoms with Crippen LogP contribution in [0.3, 0.4) is 0 Å². The third kappa shape index (κ3) is 2.40. The lowest BCUT2D eigenvalue weighted by Crippen LogP contribution is -2.40. The van der Waals surface area contributed by atoms with E-state index in [1.54, 1.807) is 20.5 Å².